The van der Waals surface area contributed by atoms with E-state index in [9.17, 15) is 0 Å². The quantitative estimate of drug-likeness (QED) is 0.703. The zero-order chi connectivity index (χ0) is 14.5. The van der Waals surface area contributed by atoms with Gasteiger partial charge >= 0.3 is 0 Å². The highest BCUT2D eigenvalue weighted by atomic mass is 16.5. The van der Waals surface area contributed by atoms with E-state index in [1.165, 1.54) is 0 Å². The van der Waals surface area contributed by atoms with Gasteiger partial charge in [-0.25, -0.2) is 4.98 Å². The van der Waals surface area contributed by atoms with Crippen LogP contribution in [0.3, 0.4) is 0 Å². The molecule has 0 aliphatic heterocycles. The molecular formula is C16H18N4O. The van der Waals surface area contributed by atoms with Crippen LogP contribution in [0.4, 0.5) is 0 Å². The van der Waals surface area contributed by atoms with Crippen LogP contribution in [0.25, 0.3) is 22.6 Å². The van der Waals surface area contributed by atoms with Gasteiger partial charge in [-0.1, -0.05) is 18.2 Å². The lowest BCUT2D eigenvalue weighted by Gasteiger charge is -2.09. The van der Waals surface area contributed by atoms with Crippen molar-refractivity contribution in [2.24, 2.45) is 5.73 Å². The predicted molar refractivity (Wildman–Crippen MR) is 82.8 cm³/mol. The Hall–Kier alpha value is -2.24. The number of aromatic nitrogens is 3. The van der Waals surface area contributed by atoms with Gasteiger partial charge in [0.15, 0.2) is 5.82 Å². The van der Waals surface area contributed by atoms with Gasteiger partial charge < -0.3 is 15.0 Å². The first-order valence-electron chi connectivity index (χ1n) is 7.04. The molecular weight excluding hydrogens is 264 g/mol. The summed E-state index contributed by atoms with van der Waals surface area (Å²) in [7, 11) is 0. The number of pyridine rings is 1. The molecule has 0 saturated carbocycles. The number of para-hydroxylation sites is 2. The zero-order valence-corrected chi connectivity index (χ0v) is 11.8. The highest BCUT2D eigenvalue weighted by Crippen LogP contribution is 2.23. The minimum atomic E-state index is 0.539. The molecule has 21 heavy (non-hydrogen) atoms. The fourth-order valence-corrected chi connectivity index (χ4v) is 2.33. The Morgan fingerprint density at radius 3 is 2.71 bits per heavy atom. The standard InChI is InChI=1S/C16H18N4O/c17-8-11-21-12-10-20-15-7-2-1-5-13(15)19-16(20)14-6-3-4-9-18-14/h1-7,9H,8,10-12,17H2. The van der Waals surface area contributed by atoms with E-state index in [0.29, 0.717) is 19.8 Å². The number of imidazole rings is 1. The average Bonchev–Trinajstić information content (AvgIpc) is 2.91. The summed E-state index contributed by atoms with van der Waals surface area (Å²) < 4.78 is 7.65. The smallest absolute Gasteiger partial charge is 0.159 e. The number of nitrogens with two attached hydrogens (primary N) is 1. The average molecular weight is 282 g/mol. The molecule has 2 aromatic heterocycles. The molecule has 5 nitrogen and oxygen atoms in total. The Labute approximate surface area is 123 Å². The van der Waals surface area contributed by atoms with Crippen LogP contribution in [0.15, 0.2) is 48.7 Å². The number of hydrogen-bond donors (Lipinski definition) is 1. The third-order valence-corrected chi connectivity index (χ3v) is 3.27. The first-order valence-corrected chi connectivity index (χ1v) is 7.04. The van der Waals surface area contributed by atoms with Crippen LogP contribution in [0, 0.1) is 0 Å². The lowest BCUT2D eigenvalue weighted by molar-refractivity contribution is 0.134. The molecule has 0 atom stereocenters. The van der Waals surface area contributed by atoms with E-state index < -0.39 is 0 Å². The Morgan fingerprint density at radius 2 is 1.90 bits per heavy atom. The van der Waals surface area contributed by atoms with Gasteiger partial charge in [-0.15, -0.1) is 0 Å². The molecule has 0 unspecified atom stereocenters. The highest BCUT2D eigenvalue weighted by Gasteiger charge is 2.12. The van der Waals surface area contributed by atoms with Gasteiger partial charge in [-0.2, -0.15) is 0 Å². The molecule has 1 aromatic carbocycles. The molecule has 2 N–H and O–H groups in total. The lowest BCUT2D eigenvalue weighted by atomic mass is 10.3. The van der Waals surface area contributed by atoms with E-state index in [1.54, 1.807) is 6.20 Å². The summed E-state index contributed by atoms with van der Waals surface area (Å²) in [6.07, 6.45) is 1.78. The summed E-state index contributed by atoms with van der Waals surface area (Å²) in [5, 5.41) is 0. The van der Waals surface area contributed by atoms with Crippen LogP contribution in [-0.2, 0) is 11.3 Å². The molecule has 0 aliphatic carbocycles. The first-order chi connectivity index (χ1) is 10.4. The number of nitrogens with zero attached hydrogens (tertiary/aromatic N) is 3. The number of fused-ring (bicyclic) bond motifs is 1. The van der Waals surface area contributed by atoms with E-state index in [4.69, 9.17) is 15.5 Å². The van der Waals surface area contributed by atoms with Crippen LogP contribution in [-0.4, -0.2) is 34.3 Å². The second-order valence-electron chi connectivity index (χ2n) is 4.69. The van der Waals surface area contributed by atoms with Crippen molar-refractivity contribution in [3.05, 3.63) is 48.7 Å². The third kappa shape index (κ3) is 2.94. The van der Waals surface area contributed by atoms with E-state index >= 15 is 0 Å². The van der Waals surface area contributed by atoms with Crippen molar-refractivity contribution in [3.8, 4) is 11.5 Å². The monoisotopic (exact) mass is 282 g/mol. The summed E-state index contributed by atoms with van der Waals surface area (Å²) >= 11 is 0. The molecule has 3 rings (SSSR count). The van der Waals surface area contributed by atoms with Gasteiger partial charge in [0.2, 0.25) is 0 Å². The molecule has 0 aliphatic rings. The molecule has 2 heterocycles. The van der Waals surface area contributed by atoms with Crippen molar-refractivity contribution in [1.29, 1.82) is 0 Å². The summed E-state index contributed by atoms with van der Waals surface area (Å²) in [4.78, 5) is 9.11. The molecule has 0 saturated heterocycles. The number of benzene rings is 1. The number of hydrogen-bond acceptors (Lipinski definition) is 4. The van der Waals surface area contributed by atoms with Crippen molar-refractivity contribution in [1.82, 2.24) is 14.5 Å². The Morgan fingerprint density at radius 1 is 1.05 bits per heavy atom. The highest BCUT2D eigenvalue weighted by molar-refractivity contribution is 5.79. The molecule has 108 valence electrons. The minimum absolute atomic E-state index is 0.539. The molecule has 0 spiro atoms. The molecule has 3 aromatic rings. The number of rotatable bonds is 6. The van der Waals surface area contributed by atoms with Crippen molar-refractivity contribution >= 4 is 11.0 Å². The predicted octanol–water partition coefficient (Wildman–Crippen LogP) is 2.07. The second kappa shape index (κ2) is 6.47. The van der Waals surface area contributed by atoms with Gasteiger partial charge in [0, 0.05) is 19.3 Å². The second-order valence-corrected chi connectivity index (χ2v) is 4.69. The van der Waals surface area contributed by atoms with Crippen LogP contribution in [0.2, 0.25) is 0 Å². The molecule has 5 heteroatoms. The van der Waals surface area contributed by atoms with E-state index in [2.05, 4.69) is 15.6 Å². The van der Waals surface area contributed by atoms with Crippen molar-refractivity contribution in [2.45, 2.75) is 6.54 Å². The largest absolute Gasteiger partial charge is 0.378 e. The van der Waals surface area contributed by atoms with Crippen LogP contribution < -0.4 is 5.73 Å². The van der Waals surface area contributed by atoms with E-state index in [1.807, 2.05) is 36.4 Å². The van der Waals surface area contributed by atoms with Crippen molar-refractivity contribution in [2.75, 3.05) is 19.8 Å². The Balaban J connectivity index is 1.98. The molecule has 0 radical (unpaired) electrons. The normalized spacial score (nSPS) is 11.1. The summed E-state index contributed by atoms with van der Waals surface area (Å²) in [5.74, 6) is 0.869. The van der Waals surface area contributed by atoms with Crippen LogP contribution in [0.1, 0.15) is 0 Å². The van der Waals surface area contributed by atoms with E-state index in [-0.39, 0.29) is 0 Å². The molecule has 0 fully saturated rings. The van der Waals surface area contributed by atoms with Crippen molar-refractivity contribution in [3.63, 3.8) is 0 Å². The van der Waals surface area contributed by atoms with Gasteiger partial charge in [-0.3, -0.25) is 4.98 Å². The minimum Gasteiger partial charge on any atom is -0.378 e. The lowest BCUT2D eigenvalue weighted by Crippen LogP contribution is -2.13. The fraction of sp³-hybridized carbons (Fsp3) is 0.250. The maximum absolute atomic E-state index is 5.50. The van der Waals surface area contributed by atoms with Gasteiger partial charge in [0.1, 0.15) is 5.69 Å². The van der Waals surface area contributed by atoms with Gasteiger partial charge in [-0.05, 0) is 24.3 Å². The summed E-state index contributed by atoms with van der Waals surface area (Å²) in [6, 6.07) is 13.9. The maximum Gasteiger partial charge on any atom is 0.159 e. The maximum atomic E-state index is 5.50. The Kier molecular flexibility index (Phi) is 4.23. The SMILES string of the molecule is NCCOCCn1c(-c2ccccn2)nc2ccccc21. The third-order valence-electron chi connectivity index (χ3n) is 3.27. The van der Waals surface area contributed by atoms with Crippen molar-refractivity contribution < 1.29 is 4.74 Å². The van der Waals surface area contributed by atoms with Gasteiger partial charge in [0.25, 0.3) is 0 Å². The zero-order valence-electron chi connectivity index (χ0n) is 11.8. The first kappa shape index (κ1) is 13.7. The summed E-state index contributed by atoms with van der Waals surface area (Å²) in [6.45, 7) is 2.45. The topological polar surface area (TPSA) is 66.0 Å². The molecule has 0 amide bonds. The van der Waals surface area contributed by atoms with Gasteiger partial charge in [0.05, 0.1) is 24.2 Å². The van der Waals surface area contributed by atoms with Crippen LogP contribution >= 0.6 is 0 Å². The number of ether oxygens (including phenoxy) is 1. The van der Waals surface area contributed by atoms with Crippen LogP contribution in [0.5, 0.6) is 0 Å². The van der Waals surface area contributed by atoms with E-state index in [0.717, 1.165) is 29.1 Å². The molecule has 0 bridgehead atoms. The Bertz CT molecular complexity index is 709. The fourth-order valence-electron chi connectivity index (χ4n) is 2.33. The summed E-state index contributed by atoms with van der Waals surface area (Å²) in [5.41, 5.74) is 8.37.